The summed E-state index contributed by atoms with van der Waals surface area (Å²) in [5, 5.41) is 13.1. The van der Waals surface area contributed by atoms with Crippen molar-refractivity contribution in [2.75, 3.05) is 13.7 Å². The van der Waals surface area contributed by atoms with Crippen LogP contribution in [0.4, 0.5) is 0 Å². The molecule has 152 valence electrons. The minimum absolute atomic E-state index is 0.0464. The van der Waals surface area contributed by atoms with Crippen LogP contribution in [0, 0.1) is 11.8 Å². The fourth-order valence-electron chi connectivity index (χ4n) is 4.81. The minimum atomic E-state index is -0.431. The van der Waals surface area contributed by atoms with Gasteiger partial charge in [-0.25, -0.2) is 0 Å². The molecule has 2 aromatic rings. The van der Waals surface area contributed by atoms with Crippen LogP contribution in [0.25, 0.3) is 6.08 Å². The molecule has 0 radical (unpaired) electrons. The molecule has 2 N–H and O–H groups in total. The number of nitrogens with one attached hydrogen (secondary N) is 1. The molecule has 2 aliphatic rings. The second kappa shape index (κ2) is 7.93. The Morgan fingerprint density at radius 3 is 2.86 bits per heavy atom. The maximum atomic E-state index is 13.2. The Hall–Kier alpha value is -2.77. The van der Waals surface area contributed by atoms with E-state index in [2.05, 4.69) is 15.2 Å². The van der Waals surface area contributed by atoms with Crippen molar-refractivity contribution in [1.82, 2.24) is 19.8 Å². The average Bonchev–Trinajstić information content (AvgIpc) is 2.91. The van der Waals surface area contributed by atoms with Crippen molar-refractivity contribution in [3.63, 3.8) is 0 Å². The molecule has 7 heteroatoms. The van der Waals surface area contributed by atoms with E-state index in [1.807, 2.05) is 50.4 Å². The van der Waals surface area contributed by atoms with Crippen LogP contribution in [0.5, 0.6) is 0 Å². The number of aromatic nitrogens is 2. The Morgan fingerprint density at radius 1 is 1.34 bits per heavy atom. The first-order valence-electron chi connectivity index (χ1n) is 9.93. The van der Waals surface area contributed by atoms with Crippen molar-refractivity contribution >= 4 is 12.0 Å². The zero-order valence-corrected chi connectivity index (χ0v) is 16.7. The Morgan fingerprint density at radius 2 is 2.17 bits per heavy atom. The molecule has 2 aliphatic heterocycles. The molecular formula is C22H26N4O3. The number of aliphatic hydroxyl groups is 1. The largest absolute Gasteiger partial charge is 0.396 e. The lowest BCUT2D eigenvalue weighted by Gasteiger charge is -2.35. The van der Waals surface area contributed by atoms with E-state index in [-0.39, 0.29) is 36.1 Å². The van der Waals surface area contributed by atoms with Gasteiger partial charge in [-0.15, -0.1) is 0 Å². The Labute approximate surface area is 169 Å². The first kappa shape index (κ1) is 19.5. The van der Waals surface area contributed by atoms with Crippen LogP contribution in [0.3, 0.4) is 0 Å². The van der Waals surface area contributed by atoms with Crippen LogP contribution in [-0.2, 0) is 17.9 Å². The van der Waals surface area contributed by atoms with Gasteiger partial charge in [0, 0.05) is 42.6 Å². The van der Waals surface area contributed by atoms with E-state index in [0.29, 0.717) is 18.7 Å². The number of hydrogen-bond donors (Lipinski definition) is 2. The maximum Gasteiger partial charge on any atom is 0.258 e. The van der Waals surface area contributed by atoms with Gasteiger partial charge in [0.2, 0.25) is 5.91 Å². The fraction of sp³-hybridized carbons (Fsp3) is 0.409. The van der Waals surface area contributed by atoms with Crippen molar-refractivity contribution in [3.8, 4) is 0 Å². The summed E-state index contributed by atoms with van der Waals surface area (Å²) < 4.78 is 1.78. The molecule has 0 aliphatic carbocycles. The van der Waals surface area contributed by atoms with Crippen LogP contribution in [0.15, 0.2) is 47.4 Å². The Balaban J connectivity index is 1.67. The summed E-state index contributed by atoms with van der Waals surface area (Å²) in [5.41, 5.74) is 2.20. The highest BCUT2D eigenvalue weighted by atomic mass is 16.3. The Bertz CT molecular complexity index is 985. The molecule has 4 atom stereocenters. The van der Waals surface area contributed by atoms with Gasteiger partial charge in [0.05, 0.1) is 24.2 Å². The predicted octanol–water partition coefficient (Wildman–Crippen LogP) is 1.19. The lowest BCUT2D eigenvalue weighted by atomic mass is 9.86. The molecule has 7 nitrogen and oxygen atoms in total. The number of carbonyl (C=O) groups excluding carboxylic acids is 1. The van der Waals surface area contributed by atoms with E-state index in [1.165, 1.54) is 0 Å². The highest BCUT2D eigenvalue weighted by molar-refractivity contribution is 5.80. The summed E-state index contributed by atoms with van der Waals surface area (Å²) in [6.45, 7) is 2.59. The molecule has 29 heavy (non-hydrogen) atoms. The van der Waals surface area contributed by atoms with Crippen LogP contribution in [0.2, 0.25) is 0 Å². The number of aliphatic hydroxyl groups excluding tert-OH is 1. The molecule has 1 fully saturated rings. The first-order valence-corrected chi connectivity index (χ1v) is 9.93. The van der Waals surface area contributed by atoms with E-state index in [0.717, 1.165) is 11.4 Å². The maximum absolute atomic E-state index is 13.2. The smallest absolute Gasteiger partial charge is 0.258 e. The lowest BCUT2D eigenvalue weighted by molar-refractivity contribution is -0.127. The number of amides is 1. The number of pyridine rings is 2. The SMILES string of the molecule is CC=Cc1ccc2n(c1=O)C[C@H]1[C@H](CO)[C@@H](C(=O)NCc3ccccn3)[C@@H]2N1C. The van der Waals surface area contributed by atoms with E-state index in [1.54, 1.807) is 16.8 Å². The predicted molar refractivity (Wildman–Crippen MR) is 110 cm³/mol. The molecule has 1 saturated heterocycles. The molecule has 4 heterocycles. The van der Waals surface area contributed by atoms with Gasteiger partial charge in [-0.3, -0.25) is 19.5 Å². The molecule has 4 rings (SSSR count). The van der Waals surface area contributed by atoms with Crippen molar-refractivity contribution in [2.45, 2.75) is 32.1 Å². The lowest BCUT2D eigenvalue weighted by Crippen LogP contribution is -2.44. The fourth-order valence-corrected chi connectivity index (χ4v) is 4.81. The normalized spacial score (nSPS) is 25.9. The molecule has 0 spiro atoms. The topological polar surface area (TPSA) is 87.5 Å². The van der Waals surface area contributed by atoms with Crippen LogP contribution < -0.4 is 10.9 Å². The molecule has 0 saturated carbocycles. The molecule has 1 amide bonds. The van der Waals surface area contributed by atoms with Gasteiger partial charge in [0.25, 0.3) is 5.56 Å². The van der Waals surface area contributed by atoms with E-state index >= 15 is 0 Å². The summed E-state index contributed by atoms with van der Waals surface area (Å²) in [6.07, 6.45) is 5.34. The Kier molecular flexibility index (Phi) is 5.34. The van der Waals surface area contributed by atoms with Gasteiger partial charge in [-0.1, -0.05) is 18.2 Å². The number of hydrogen-bond acceptors (Lipinski definition) is 5. The zero-order chi connectivity index (χ0) is 20.5. The monoisotopic (exact) mass is 394 g/mol. The summed E-state index contributed by atoms with van der Waals surface area (Å²) in [4.78, 5) is 32.5. The molecular weight excluding hydrogens is 368 g/mol. The summed E-state index contributed by atoms with van der Waals surface area (Å²) in [5.74, 6) is -0.787. The van der Waals surface area contributed by atoms with Gasteiger partial charge in [-0.2, -0.15) is 0 Å². The number of rotatable bonds is 5. The third-order valence-electron chi connectivity index (χ3n) is 6.20. The third-order valence-corrected chi connectivity index (χ3v) is 6.20. The van der Waals surface area contributed by atoms with Gasteiger partial charge in [-0.05, 0) is 38.2 Å². The number of fused-ring (bicyclic) bond motifs is 4. The van der Waals surface area contributed by atoms with Crippen molar-refractivity contribution in [2.24, 2.45) is 11.8 Å². The van der Waals surface area contributed by atoms with Gasteiger partial charge < -0.3 is 15.0 Å². The van der Waals surface area contributed by atoms with Crippen molar-refractivity contribution < 1.29 is 9.90 Å². The van der Waals surface area contributed by atoms with Crippen LogP contribution in [-0.4, -0.2) is 45.2 Å². The van der Waals surface area contributed by atoms with Gasteiger partial charge in [0.15, 0.2) is 0 Å². The van der Waals surface area contributed by atoms with Gasteiger partial charge in [0.1, 0.15) is 0 Å². The second-order valence-corrected chi connectivity index (χ2v) is 7.72. The number of nitrogens with zero attached hydrogens (tertiary/aromatic N) is 3. The summed E-state index contributed by atoms with van der Waals surface area (Å²) >= 11 is 0. The highest BCUT2D eigenvalue weighted by Crippen LogP contribution is 2.47. The van der Waals surface area contributed by atoms with Crippen LogP contribution >= 0.6 is 0 Å². The first-order chi connectivity index (χ1) is 14.1. The van der Waals surface area contributed by atoms with Crippen molar-refractivity contribution in [1.29, 1.82) is 0 Å². The van der Waals surface area contributed by atoms with E-state index in [4.69, 9.17) is 0 Å². The quantitative estimate of drug-likeness (QED) is 0.795. The number of likely N-dealkylation sites (N-methyl/N-ethyl adjacent to an activating group) is 1. The highest BCUT2D eigenvalue weighted by Gasteiger charge is 2.54. The molecule has 0 unspecified atom stereocenters. The second-order valence-electron chi connectivity index (χ2n) is 7.72. The number of carbonyl (C=O) groups is 1. The minimum Gasteiger partial charge on any atom is -0.396 e. The molecule has 2 aromatic heterocycles. The molecule has 2 bridgehead atoms. The number of allylic oxidation sites excluding steroid dienone is 1. The van der Waals surface area contributed by atoms with Crippen LogP contribution in [0.1, 0.15) is 29.9 Å². The van der Waals surface area contributed by atoms with E-state index in [9.17, 15) is 14.7 Å². The zero-order valence-electron chi connectivity index (χ0n) is 16.7. The standard InChI is InChI=1S/C22H26N4O3/c1-3-6-14-8-9-17-20-19(21(28)24-11-15-7-4-5-10-23-15)16(13-27)18(25(20)2)12-26(17)22(14)29/h3-10,16,18-20,27H,11-13H2,1-2H3,(H,24,28)/t16-,18-,19+,20+/m0/s1. The summed E-state index contributed by atoms with van der Waals surface area (Å²) in [7, 11) is 1.97. The van der Waals surface area contributed by atoms with E-state index < -0.39 is 5.92 Å². The van der Waals surface area contributed by atoms with Crippen molar-refractivity contribution in [3.05, 3.63) is 69.9 Å². The average molecular weight is 394 g/mol. The van der Waals surface area contributed by atoms with Gasteiger partial charge >= 0.3 is 0 Å². The third kappa shape index (κ3) is 3.30. The molecule has 0 aromatic carbocycles. The summed E-state index contributed by atoms with van der Waals surface area (Å²) in [6, 6.07) is 9.01.